The van der Waals surface area contributed by atoms with Gasteiger partial charge in [0.15, 0.2) is 18.9 Å². The Morgan fingerprint density at radius 2 is 0.610 bits per heavy atom. The molecule has 0 aromatic heterocycles. The van der Waals surface area contributed by atoms with Gasteiger partial charge in [-0.15, -0.1) is 0 Å². The van der Waals surface area contributed by atoms with Crippen LogP contribution in [0.4, 0.5) is 0 Å². The summed E-state index contributed by atoms with van der Waals surface area (Å²) in [4.78, 5) is 13.5. The number of aliphatic hydroxyl groups excluding tert-OH is 11. The Labute approximate surface area is 638 Å². The second kappa shape index (κ2) is 66.8. The van der Waals surface area contributed by atoms with Crippen LogP contribution in [-0.2, 0) is 33.2 Å². The molecular formula is C86H163NO18. The summed E-state index contributed by atoms with van der Waals surface area (Å²) in [5.74, 6) is -0.276. The number of carbonyl (C=O) groups excluding carboxylic acids is 1. The van der Waals surface area contributed by atoms with E-state index >= 15 is 0 Å². The van der Waals surface area contributed by atoms with E-state index in [2.05, 4.69) is 31.3 Å². The number of hydrogen-bond donors (Lipinski definition) is 12. The first kappa shape index (κ1) is 97.5. The summed E-state index contributed by atoms with van der Waals surface area (Å²) in [5, 5.41) is 121. The number of amides is 1. The molecule has 17 atom stereocenters. The number of unbranched alkanes of at least 4 members (excludes halogenated alkanes) is 54. The van der Waals surface area contributed by atoms with E-state index in [4.69, 9.17) is 28.4 Å². The third-order valence-corrected chi connectivity index (χ3v) is 22.3. The first-order valence-corrected chi connectivity index (χ1v) is 44.1. The van der Waals surface area contributed by atoms with Crippen LogP contribution in [0, 0.1) is 0 Å². The number of aliphatic hydroxyl groups is 11. The zero-order valence-corrected chi connectivity index (χ0v) is 66.7. The van der Waals surface area contributed by atoms with Crippen molar-refractivity contribution < 1.29 is 89.4 Å². The van der Waals surface area contributed by atoms with E-state index < -0.39 is 124 Å². The first-order chi connectivity index (χ1) is 51.3. The molecule has 19 nitrogen and oxygen atoms in total. The van der Waals surface area contributed by atoms with E-state index in [1.54, 1.807) is 6.08 Å². The molecule has 12 N–H and O–H groups in total. The quantitative estimate of drug-likeness (QED) is 0.0199. The molecule has 0 aromatic carbocycles. The highest BCUT2D eigenvalue weighted by Gasteiger charge is 2.54. The van der Waals surface area contributed by atoms with Gasteiger partial charge in [0, 0.05) is 6.42 Å². The molecule has 3 saturated heterocycles. The number of ether oxygens (including phenoxy) is 6. The Bertz CT molecular complexity index is 1990. The van der Waals surface area contributed by atoms with Crippen molar-refractivity contribution in [3.63, 3.8) is 0 Å². The van der Waals surface area contributed by atoms with Gasteiger partial charge < -0.3 is 89.9 Å². The summed E-state index contributed by atoms with van der Waals surface area (Å²) >= 11 is 0. The lowest BCUT2D eigenvalue weighted by Crippen LogP contribution is -2.66. The van der Waals surface area contributed by atoms with Gasteiger partial charge in [-0.25, -0.2) is 0 Å². The molecule has 3 rings (SSSR count). The van der Waals surface area contributed by atoms with Gasteiger partial charge in [-0.2, -0.15) is 0 Å². The molecule has 3 fully saturated rings. The van der Waals surface area contributed by atoms with E-state index in [1.165, 1.54) is 315 Å². The molecule has 17 unspecified atom stereocenters. The van der Waals surface area contributed by atoms with E-state index in [9.17, 15) is 61.0 Å². The normalized spacial score (nSPS) is 25.8. The second-order valence-corrected chi connectivity index (χ2v) is 31.7. The van der Waals surface area contributed by atoms with Gasteiger partial charge in [-0.05, 0) is 32.1 Å². The lowest BCUT2D eigenvalue weighted by molar-refractivity contribution is -0.379. The summed E-state index contributed by atoms with van der Waals surface area (Å²) < 4.78 is 34.5. The number of nitrogens with one attached hydrogen (secondary N) is 1. The zero-order valence-electron chi connectivity index (χ0n) is 66.7. The van der Waals surface area contributed by atoms with E-state index in [1.807, 2.05) is 6.08 Å². The van der Waals surface area contributed by atoms with Gasteiger partial charge in [0.2, 0.25) is 5.91 Å². The van der Waals surface area contributed by atoms with Crippen LogP contribution < -0.4 is 5.32 Å². The van der Waals surface area contributed by atoms with Gasteiger partial charge in [0.05, 0.1) is 38.6 Å². The van der Waals surface area contributed by atoms with Crippen molar-refractivity contribution in [2.45, 2.75) is 491 Å². The van der Waals surface area contributed by atoms with Crippen molar-refractivity contribution in [1.29, 1.82) is 0 Å². The summed E-state index contributed by atoms with van der Waals surface area (Å²) in [5.41, 5.74) is 0. The fraction of sp³-hybridized carbons (Fsp3) is 0.942. The van der Waals surface area contributed by atoms with Crippen LogP contribution in [0.2, 0.25) is 0 Å². The molecule has 3 aliphatic heterocycles. The highest BCUT2D eigenvalue weighted by molar-refractivity contribution is 5.76. The van der Waals surface area contributed by atoms with Crippen LogP contribution in [0.1, 0.15) is 386 Å². The topological polar surface area (TPSA) is 307 Å². The van der Waals surface area contributed by atoms with Crippen molar-refractivity contribution in [2.75, 3.05) is 26.4 Å². The fourth-order valence-corrected chi connectivity index (χ4v) is 15.2. The maximum absolute atomic E-state index is 13.5. The molecule has 3 aliphatic rings. The number of hydrogen-bond acceptors (Lipinski definition) is 18. The summed E-state index contributed by atoms with van der Waals surface area (Å²) in [6.45, 7) is 1.79. The molecule has 0 aromatic rings. The first-order valence-electron chi connectivity index (χ1n) is 44.1. The van der Waals surface area contributed by atoms with Gasteiger partial charge in [0.25, 0.3) is 0 Å². The van der Waals surface area contributed by atoms with Crippen LogP contribution in [0.5, 0.6) is 0 Å². The van der Waals surface area contributed by atoms with Gasteiger partial charge in [0.1, 0.15) is 73.2 Å². The molecule has 0 saturated carbocycles. The molecule has 1 amide bonds. The summed E-state index contributed by atoms with van der Waals surface area (Å²) in [6.07, 6.45) is 56.2. The summed E-state index contributed by atoms with van der Waals surface area (Å²) in [7, 11) is 0. The van der Waals surface area contributed by atoms with Crippen LogP contribution in [-0.4, -0.2) is 193 Å². The average Bonchev–Trinajstić information content (AvgIpc) is 0.781. The Morgan fingerprint density at radius 3 is 0.952 bits per heavy atom. The van der Waals surface area contributed by atoms with Gasteiger partial charge in [-0.1, -0.05) is 372 Å². The maximum atomic E-state index is 13.5. The Kier molecular flexibility index (Phi) is 62.0. The zero-order chi connectivity index (χ0) is 76.0. The Balaban J connectivity index is 1.35. The number of carbonyl (C=O) groups is 1. The lowest BCUT2D eigenvalue weighted by atomic mass is 9.96. The SMILES string of the molecule is CCCCCCCCCCCCCCCCCCCCCCCC/C=C/CC/C=C/C(O)C(COC1OC(CO)C(OC2OC(CO)C(OC3OC(CO)C(O)C(O)C3O)C(O)C2O)C(O)C1O)NC(=O)CCCCCCCCCCCCCCCCCCCCCCCCCCCCCCCCCC. The smallest absolute Gasteiger partial charge is 0.220 e. The predicted octanol–water partition coefficient (Wildman–Crippen LogP) is 16.1. The minimum atomic E-state index is -1.98. The van der Waals surface area contributed by atoms with Crippen LogP contribution in [0.15, 0.2) is 24.3 Å². The molecular weight excluding hydrogens is 1330 g/mol. The third kappa shape index (κ3) is 46.1. The molecule has 105 heavy (non-hydrogen) atoms. The highest BCUT2D eigenvalue weighted by Crippen LogP contribution is 2.34. The maximum Gasteiger partial charge on any atom is 0.220 e. The van der Waals surface area contributed by atoms with Crippen molar-refractivity contribution >= 4 is 5.91 Å². The predicted molar refractivity (Wildman–Crippen MR) is 420 cm³/mol. The number of allylic oxidation sites excluding steroid dienone is 3. The molecule has 0 spiro atoms. The standard InChI is InChI=1S/C86H163NO18/c1-3-5-7-9-11-13-15-17-19-21-23-25-27-29-31-33-34-35-36-38-40-42-44-46-48-50-52-54-56-58-60-62-64-74(92)87-69(70(91)63-61-59-57-55-53-51-49-47-45-43-41-39-37-32-30-28-26-24-22-20-18-16-14-12-10-8-6-4-2)68-100-84-80(98)77(95)82(72(66-89)102-84)105-86-81(99)78(96)83(73(67-90)103-86)104-85-79(97)76(94)75(93)71(65-88)101-85/h53,55,61,63,69-73,75-86,88-91,93-99H,3-52,54,56-60,62,64-68H2,1-2H3,(H,87,92)/b55-53+,63-61+. The number of rotatable bonds is 72. The van der Waals surface area contributed by atoms with Crippen LogP contribution in [0.25, 0.3) is 0 Å². The monoisotopic (exact) mass is 1500 g/mol. The second-order valence-electron chi connectivity index (χ2n) is 31.7. The van der Waals surface area contributed by atoms with Crippen LogP contribution in [0.3, 0.4) is 0 Å². The van der Waals surface area contributed by atoms with Crippen molar-refractivity contribution in [2.24, 2.45) is 0 Å². The largest absolute Gasteiger partial charge is 0.394 e. The van der Waals surface area contributed by atoms with Crippen molar-refractivity contribution in [3.8, 4) is 0 Å². The van der Waals surface area contributed by atoms with Crippen molar-refractivity contribution in [3.05, 3.63) is 24.3 Å². The Hall–Kier alpha value is -1.73. The molecule has 620 valence electrons. The fourth-order valence-electron chi connectivity index (χ4n) is 15.2. The molecule has 19 heteroatoms. The van der Waals surface area contributed by atoms with E-state index in [0.29, 0.717) is 12.8 Å². The van der Waals surface area contributed by atoms with E-state index in [0.717, 1.165) is 38.5 Å². The Morgan fingerprint density at radius 1 is 0.333 bits per heavy atom. The third-order valence-electron chi connectivity index (χ3n) is 22.3. The molecule has 3 heterocycles. The van der Waals surface area contributed by atoms with Gasteiger partial charge >= 0.3 is 0 Å². The highest BCUT2D eigenvalue weighted by atomic mass is 16.8. The average molecular weight is 1500 g/mol. The summed E-state index contributed by atoms with van der Waals surface area (Å²) in [6, 6.07) is -0.989. The minimum Gasteiger partial charge on any atom is -0.394 e. The van der Waals surface area contributed by atoms with E-state index in [-0.39, 0.29) is 18.9 Å². The molecule has 0 radical (unpaired) electrons. The van der Waals surface area contributed by atoms with Crippen LogP contribution >= 0.6 is 0 Å². The lowest BCUT2D eigenvalue weighted by Gasteiger charge is -2.48. The van der Waals surface area contributed by atoms with Gasteiger partial charge in [-0.3, -0.25) is 4.79 Å². The molecule has 0 aliphatic carbocycles. The minimum absolute atomic E-state index is 0.241. The van der Waals surface area contributed by atoms with Crippen molar-refractivity contribution in [1.82, 2.24) is 5.32 Å². The molecule has 0 bridgehead atoms.